The highest BCUT2D eigenvalue weighted by atomic mass is 15.5. The van der Waals surface area contributed by atoms with Crippen LogP contribution in [0.1, 0.15) is 31.2 Å². The van der Waals surface area contributed by atoms with Crippen molar-refractivity contribution >= 4 is 5.82 Å². The Hall–Kier alpha value is -1.92. The van der Waals surface area contributed by atoms with E-state index in [1.54, 1.807) is 9.36 Å². The van der Waals surface area contributed by atoms with Gasteiger partial charge < -0.3 is 5.73 Å². The fraction of sp³-hybridized carbons (Fsp3) is 0.556. The Morgan fingerprint density at radius 1 is 1.31 bits per heavy atom. The van der Waals surface area contributed by atoms with Crippen molar-refractivity contribution in [3.05, 3.63) is 17.6 Å². The second-order valence-corrected chi connectivity index (χ2v) is 4.06. The highest BCUT2D eigenvalue weighted by Crippen LogP contribution is 2.19. The van der Waals surface area contributed by atoms with Gasteiger partial charge in [-0.1, -0.05) is 24.3 Å². The zero-order valence-electron chi connectivity index (χ0n) is 9.62. The van der Waals surface area contributed by atoms with Crippen molar-refractivity contribution in [2.24, 2.45) is 7.05 Å². The standard InChI is InChI=1S/C9H15N7/c1-6(2)8-9(10)12-14-16(8)5-7-4-15(3)13-11-7/h4,6H,5,10H2,1-3H3. The lowest BCUT2D eigenvalue weighted by Gasteiger charge is -2.07. The lowest BCUT2D eigenvalue weighted by atomic mass is 10.1. The molecule has 0 unspecified atom stereocenters. The molecule has 7 nitrogen and oxygen atoms in total. The van der Waals surface area contributed by atoms with E-state index in [2.05, 4.69) is 34.5 Å². The van der Waals surface area contributed by atoms with Crippen molar-refractivity contribution in [3.63, 3.8) is 0 Å². The third-order valence-electron chi connectivity index (χ3n) is 2.31. The average Bonchev–Trinajstić information content (AvgIpc) is 2.74. The molecule has 0 aliphatic carbocycles. The van der Waals surface area contributed by atoms with Crippen LogP contribution in [0, 0.1) is 0 Å². The minimum atomic E-state index is 0.284. The van der Waals surface area contributed by atoms with Gasteiger partial charge in [-0.05, 0) is 5.92 Å². The predicted octanol–water partition coefficient (Wildman–Crippen LogP) is 0.160. The van der Waals surface area contributed by atoms with Gasteiger partial charge >= 0.3 is 0 Å². The van der Waals surface area contributed by atoms with Gasteiger partial charge in [0.05, 0.1) is 12.2 Å². The Balaban J connectivity index is 2.28. The minimum Gasteiger partial charge on any atom is -0.381 e. The quantitative estimate of drug-likeness (QED) is 0.797. The van der Waals surface area contributed by atoms with E-state index in [9.17, 15) is 0 Å². The summed E-state index contributed by atoms with van der Waals surface area (Å²) in [5, 5.41) is 15.8. The molecule has 2 N–H and O–H groups in total. The number of aromatic nitrogens is 6. The molecule has 0 bridgehead atoms. The summed E-state index contributed by atoms with van der Waals surface area (Å²) < 4.78 is 3.43. The molecule has 0 spiro atoms. The minimum absolute atomic E-state index is 0.284. The summed E-state index contributed by atoms with van der Waals surface area (Å²) in [6.07, 6.45) is 1.85. The molecule has 2 aromatic rings. The zero-order chi connectivity index (χ0) is 11.7. The summed E-state index contributed by atoms with van der Waals surface area (Å²) in [5.41, 5.74) is 7.54. The number of nitrogens with zero attached hydrogens (tertiary/aromatic N) is 6. The highest BCUT2D eigenvalue weighted by Gasteiger charge is 2.14. The fourth-order valence-electron chi connectivity index (χ4n) is 1.67. The van der Waals surface area contributed by atoms with Gasteiger partial charge in [0.25, 0.3) is 0 Å². The topological polar surface area (TPSA) is 87.4 Å². The van der Waals surface area contributed by atoms with Crippen LogP contribution in [-0.2, 0) is 13.6 Å². The van der Waals surface area contributed by atoms with E-state index < -0.39 is 0 Å². The molecule has 0 atom stereocenters. The number of rotatable bonds is 3. The molecular formula is C9H15N7. The van der Waals surface area contributed by atoms with Crippen LogP contribution in [0.25, 0.3) is 0 Å². The summed E-state index contributed by atoms with van der Waals surface area (Å²) in [4.78, 5) is 0. The number of nitrogen functional groups attached to an aromatic ring is 1. The molecule has 7 heteroatoms. The van der Waals surface area contributed by atoms with Crippen LogP contribution in [0.15, 0.2) is 6.20 Å². The van der Waals surface area contributed by atoms with Gasteiger partial charge in [-0.2, -0.15) is 0 Å². The molecule has 16 heavy (non-hydrogen) atoms. The third-order valence-corrected chi connectivity index (χ3v) is 2.31. The number of hydrogen-bond acceptors (Lipinski definition) is 5. The van der Waals surface area contributed by atoms with Gasteiger partial charge in [0, 0.05) is 13.2 Å². The molecule has 0 radical (unpaired) electrons. The van der Waals surface area contributed by atoms with Crippen LogP contribution in [0.2, 0.25) is 0 Å². The Morgan fingerprint density at radius 3 is 2.62 bits per heavy atom. The molecule has 2 aromatic heterocycles. The Bertz CT molecular complexity index is 482. The summed E-state index contributed by atoms with van der Waals surface area (Å²) in [6.45, 7) is 4.66. The normalized spacial score (nSPS) is 11.2. The first-order chi connectivity index (χ1) is 7.58. The van der Waals surface area contributed by atoms with Gasteiger partial charge in [0.2, 0.25) is 0 Å². The third kappa shape index (κ3) is 1.88. The van der Waals surface area contributed by atoms with Crippen LogP contribution >= 0.6 is 0 Å². The van der Waals surface area contributed by atoms with Gasteiger partial charge in [0.1, 0.15) is 5.69 Å². The largest absolute Gasteiger partial charge is 0.381 e. The molecule has 0 aromatic carbocycles. The average molecular weight is 221 g/mol. The van der Waals surface area contributed by atoms with Crippen LogP contribution in [0.3, 0.4) is 0 Å². The second-order valence-electron chi connectivity index (χ2n) is 4.06. The maximum atomic E-state index is 5.77. The van der Waals surface area contributed by atoms with Crippen molar-refractivity contribution in [1.82, 2.24) is 30.0 Å². The number of anilines is 1. The van der Waals surface area contributed by atoms with Gasteiger partial charge in [-0.25, -0.2) is 4.68 Å². The van der Waals surface area contributed by atoms with E-state index in [1.807, 2.05) is 13.2 Å². The van der Waals surface area contributed by atoms with E-state index in [0.29, 0.717) is 12.4 Å². The van der Waals surface area contributed by atoms with Gasteiger partial charge in [0.15, 0.2) is 5.82 Å². The SMILES string of the molecule is CC(C)c1c(N)nnn1Cc1cn(C)nn1. The number of hydrogen-bond donors (Lipinski definition) is 1. The first kappa shape index (κ1) is 10.6. The van der Waals surface area contributed by atoms with Crippen molar-refractivity contribution in [3.8, 4) is 0 Å². The fourth-order valence-corrected chi connectivity index (χ4v) is 1.67. The molecule has 0 aliphatic rings. The molecule has 0 aliphatic heterocycles. The van der Waals surface area contributed by atoms with Gasteiger partial charge in [-0.15, -0.1) is 10.2 Å². The zero-order valence-corrected chi connectivity index (χ0v) is 9.62. The Kier molecular flexibility index (Phi) is 2.59. The molecule has 2 rings (SSSR count). The van der Waals surface area contributed by atoms with Crippen LogP contribution in [0.4, 0.5) is 5.82 Å². The van der Waals surface area contributed by atoms with E-state index >= 15 is 0 Å². The van der Waals surface area contributed by atoms with Crippen molar-refractivity contribution in [1.29, 1.82) is 0 Å². The van der Waals surface area contributed by atoms with Crippen molar-refractivity contribution in [2.45, 2.75) is 26.3 Å². The molecule has 86 valence electrons. The highest BCUT2D eigenvalue weighted by molar-refractivity contribution is 5.35. The Labute approximate surface area is 93.2 Å². The van der Waals surface area contributed by atoms with E-state index in [-0.39, 0.29) is 5.92 Å². The van der Waals surface area contributed by atoms with Crippen LogP contribution in [-0.4, -0.2) is 30.0 Å². The second kappa shape index (κ2) is 3.92. The predicted molar refractivity (Wildman–Crippen MR) is 58.6 cm³/mol. The first-order valence-electron chi connectivity index (χ1n) is 5.12. The van der Waals surface area contributed by atoms with Crippen molar-refractivity contribution < 1.29 is 0 Å². The smallest absolute Gasteiger partial charge is 0.169 e. The van der Waals surface area contributed by atoms with Crippen LogP contribution < -0.4 is 5.73 Å². The summed E-state index contributed by atoms with van der Waals surface area (Å²) in [6, 6.07) is 0. The molecule has 0 amide bonds. The number of nitrogens with two attached hydrogens (primary N) is 1. The Morgan fingerprint density at radius 2 is 2.06 bits per heavy atom. The van der Waals surface area contributed by atoms with Crippen molar-refractivity contribution in [2.75, 3.05) is 5.73 Å². The van der Waals surface area contributed by atoms with Crippen LogP contribution in [0.5, 0.6) is 0 Å². The first-order valence-corrected chi connectivity index (χ1v) is 5.12. The maximum absolute atomic E-state index is 5.77. The molecule has 0 fully saturated rings. The summed E-state index contributed by atoms with van der Waals surface area (Å²) >= 11 is 0. The summed E-state index contributed by atoms with van der Waals surface area (Å²) in [5.74, 6) is 0.769. The monoisotopic (exact) mass is 221 g/mol. The van der Waals surface area contributed by atoms with Gasteiger partial charge in [-0.3, -0.25) is 4.68 Å². The maximum Gasteiger partial charge on any atom is 0.169 e. The van der Waals surface area contributed by atoms with E-state index in [4.69, 9.17) is 5.73 Å². The summed E-state index contributed by atoms with van der Waals surface area (Å²) in [7, 11) is 1.83. The molecular weight excluding hydrogens is 206 g/mol. The van der Waals surface area contributed by atoms with E-state index in [1.165, 1.54) is 0 Å². The number of aryl methyl sites for hydroxylation is 1. The lowest BCUT2D eigenvalue weighted by Crippen LogP contribution is -2.09. The molecule has 0 saturated carbocycles. The molecule has 2 heterocycles. The van der Waals surface area contributed by atoms with E-state index in [0.717, 1.165) is 11.4 Å². The lowest BCUT2D eigenvalue weighted by molar-refractivity contribution is 0.589. The molecule has 0 saturated heterocycles.